The molecule has 1 aliphatic rings. The summed E-state index contributed by atoms with van der Waals surface area (Å²) in [6.45, 7) is 2.13. The third kappa shape index (κ3) is 2.94. The molecule has 0 bridgehead atoms. The number of nitrogens with zero attached hydrogens (tertiary/aromatic N) is 1. The van der Waals surface area contributed by atoms with Gasteiger partial charge in [-0.2, -0.15) is 5.10 Å². The number of benzene rings is 2. The van der Waals surface area contributed by atoms with Gasteiger partial charge in [-0.25, -0.2) is 5.43 Å². The highest BCUT2D eigenvalue weighted by Gasteiger charge is 2.27. The lowest BCUT2D eigenvalue weighted by Crippen LogP contribution is -2.42. The third-order valence-electron chi connectivity index (χ3n) is 4.11. The Morgan fingerprint density at radius 1 is 1.20 bits per heavy atom. The van der Waals surface area contributed by atoms with E-state index in [0.717, 1.165) is 22.2 Å². The first-order chi connectivity index (χ1) is 12.2. The summed E-state index contributed by atoms with van der Waals surface area (Å²) < 4.78 is 11.2. The zero-order valence-electron chi connectivity index (χ0n) is 13.7. The summed E-state index contributed by atoms with van der Waals surface area (Å²) in [5.74, 6) is 0.859. The molecule has 6 heteroatoms. The van der Waals surface area contributed by atoms with Gasteiger partial charge in [0.05, 0.1) is 6.21 Å². The SMILES string of the molecule is Cc1[nH]c2ccccc2c1C=NNC(=O)C1COc2ccccc2O1. The van der Waals surface area contributed by atoms with E-state index < -0.39 is 6.10 Å². The molecule has 25 heavy (non-hydrogen) atoms. The number of carbonyl (C=O) groups is 1. The smallest absolute Gasteiger partial charge is 0.284 e. The van der Waals surface area contributed by atoms with Crippen LogP contribution in [-0.2, 0) is 4.79 Å². The fourth-order valence-electron chi connectivity index (χ4n) is 2.85. The van der Waals surface area contributed by atoms with E-state index in [1.165, 1.54) is 0 Å². The van der Waals surface area contributed by atoms with Crippen LogP contribution in [0.15, 0.2) is 53.6 Å². The van der Waals surface area contributed by atoms with Crippen molar-refractivity contribution >= 4 is 23.0 Å². The van der Waals surface area contributed by atoms with Crippen molar-refractivity contribution in [2.24, 2.45) is 5.10 Å². The maximum atomic E-state index is 12.2. The molecular formula is C19H17N3O3. The second-order valence-electron chi connectivity index (χ2n) is 5.81. The number of para-hydroxylation sites is 3. The van der Waals surface area contributed by atoms with Crippen LogP contribution in [0.3, 0.4) is 0 Å². The maximum Gasteiger partial charge on any atom is 0.284 e. The molecule has 1 aromatic heterocycles. The Hall–Kier alpha value is -3.28. The van der Waals surface area contributed by atoms with Crippen LogP contribution in [0.25, 0.3) is 10.9 Å². The molecule has 2 aromatic carbocycles. The number of H-pyrrole nitrogens is 1. The first-order valence-corrected chi connectivity index (χ1v) is 8.01. The van der Waals surface area contributed by atoms with E-state index >= 15 is 0 Å². The highest BCUT2D eigenvalue weighted by molar-refractivity contribution is 6.00. The van der Waals surface area contributed by atoms with Crippen LogP contribution in [0, 0.1) is 6.92 Å². The molecule has 126 valence electrons. The zero-order chi connectivity index (χ0) is 17.2. The zero-order valence-corrected chi connectivity index (χ0v) is 13.7. The summed E-state index contributed by atoms with van der Waals surface area (Å²) in [7, 11) is 0. The van der Waals surface area contributed by atoms with Crippen molar-refractivity contribution in [3.63, 3.8) is 0 Å². The van der Waals surface area contributed by atoms with Gasteiger partial charge in [-0.1, -0.05) is 30.3 Å². The molecule has 1 amide bonds. The van der Waals surface area contributed by atoms with E-state index in [9.17, 15) is 4.79 Å². The van der Waals surface area contributed by atoms with Crippen LogP contribution in [-0.4, -0.2) is 29.8 Å². The lowest BCUT2D eigenvalue weighted by Gasteiger charge is -2.24. The van der Waals surface area contributed by atoms with E-state index in [1.807, 2.05) is 43.3 Å². The minimum absolute atomic E-state index is 0.157. The molecule has 2 heterocycles. The highest BCUT2D eigenvalue weighted by atomic mass is 16.6. The van der Waals surface area contributed by atoms with Crippen LogP contribution >= 0.6 is 0 Å². The molecule has 1 unspecified atom stereocenters. The van der Waals surface area contributed by atoms with Gasteiger partial charge in [-0.15, -0.1) is 0 Å². The van der Waals surface area contributed by atoms with E-state index in [-0.39, 0.29) is 12.5 Å². The van der Waals surface area contributed by atoms with Crippen LogP contribution in [0.4, 0.5) is 0 Å². The second-order valence-corrected chi connectivity index (χ2v) is 5.81. The summed E-state index contributed by atoms with van der Waals surface area (Å²) in [6, 6.07) is 15.2. The monoisotopic (exact) mass is 335 g/mol. The minimum atomic E-state index is -0.726. The molecule has 1 atom stereocenters. The van der Waals surface area contributed by atoms with Gasteiger partial charge in [0.2, 0.25) is 6.10 Å². The van der Waals surface area contributed by atoms with Crippen molar-refractivity contribution in [1.82, 2.24) is 10.4 Å². The largest absolute Gasteiger partial charge is 0.485 e. The number of carbonyl (C=O) groups excluding carboxylic acids is 1. The van der Waals surface area contributed by atoms with Crippen LogP contribution in [0.5, 0.6) is 11.5 Å². The quantitative estimate of drug-likeness (QED) is 0.571. The fourth-order valence-corrected chi connectivity index (χ4v) is 2.85. The molecule has 0 fully saturated rings. The average molecular weight is 335 g/mol. The number of aryl methyl sites for hydroxylation is 1. The molecule has 2 N–H and O–H groups in total. The number of amides is 1. The fraction of sp³-hybridized carbons (Fsp3) is 0.158. The summed E-state index contributed by atoms with van der Waals surface area (Å²) in [6.07, 6.45) is 0.917. The first kappa shape index (κ1) is 15.3. The normalized spacial score (nSPS) is 16.3. The number of aromatic nitrogens is 1. The third-order valence-corrected chi connectivity index (χ3v) is 4.11. The van der Waals surface area contributed by atoms with Crippen LogP contribution < -0.4 is 14.9 Å². The van der Waals surface area contributed by atoms with Crippen molar-refractivity contribution in [3.8, 4) is 11.5 Å². The second kappa shape index (κ2) is 6.32. The Balaban J connectivity index is 1.45. The first-order valence-electron chi connectivity index (χ1n) is 8.01. The number of nitrogens with one attached hydrogen (secondary N) is 2. The Kier molecular flexibility index (Phi) is 3.85. The molecule has 6 nitrogen and oxygen atoms in total. The number of hydrogen-bond acceptors (Lipinski definition) is 4. The van der Waals surface area contributed by atoms with Crippen molar-refractivity contribution in [1.29, 1.82) is 0 Å². The van der Waals surface area contributed by atoms with E-state index in [0.29, 0.717) is 11.5 Å². The van der Waals surface area contributed by atoms with Crippen LogP contribution in [0.2, 0.25) is 0 Å². The van der Waals surface area contributed by atoms with Gasteiger partial charge in [0.25, 0.3) is 5.91 Å². The average Bonchev–Trinajstić information content (AvgIpc) is 2.96. The number of rotatable bonds is 3. The summed E-state index contributed by atoms with van der Waals surface area (Å²) in [5.41, 5.74) is 5.50. The predicted octanol–water partition coefficient (Wildman–Crippen LogP) is 2.77. The standard InChI is InChI=1S/C19H17N3O3/c1-12-14(13-6-2-3-7-15(13)21-12)10-20-22-19(23)18-11-24-16-8-4-5-9-17(16)25-18/h2-10,18,21H,11H2,1H3,(H,22,23). The van der Waals surface area contributed by atoms with E-state index in [4.69, 9.17) is 9.47 Å². The number of fused-ring (bicyclic) bond motifs is 2. The van der Waals surface area contributed by atoms with Crippen molar-refractivity contribution in [2.75, 3.05) is 6.61 Å². The molecule has 0 aliphatic carbocycles. The van der Waals surface area contributed by atoms with Gasteiger partial charge in [-0.3, -0.25) is 4.79 Å². The summed E-state index contributed by atoms with van der Waals surface area (Å²) in [5, 5.41) is 5.14. The minimum Gasteiger partial charge on any atom is -0.485 e. The Morgan fingerprint density at radius 2 is 1.96 bits per heavy atom. The Bertz CT molecular complexity index is 961. The van der Waals surface area contributed by atoms with Crippen LogP contribution in [0.1, 0.15) is 11.3 Å². The Morgan fingerprint density at radius 3 is 2.84 bits per heavy atom. The molecule has 0 spiro atoms. The maximum absolute atomic E-state index is 12.2. The molecule has 3 aromatic rings. The highest BCUT2D eigenvalue weighted by Crippen LogP contribution is 2.30. The number of hydrazone groups is 1. The van der Waals surface area contributed by atoms with Crippen molar-refractivity contribution in [3.05, 3.63) is 59.8 Å². The van der Waals surface area contributed by atoms with Gasteiger partial charge in [0.15, 0.2) is 11.5 Å². The van der Waals surface area contributed by atoms with Crippen molar-refractivity contribution < 1.29 is 14.3 Å². The molecule has 0 saturated heterocycles. The molecule has 0 saturated carbocycles. The molecule has 1 aliphatic heterocycles. The van der Waals surface area contributed by atoms with Crippen molar-refractivity contribution in [2.45, 2.75) is 13.0 Å². The molecular weight excluding hydrogens is 318 g/mol. The van der Waals surface area contributed by atoms with Gasteiger partial charge >= 0.3 is 0 Å². The Labute approximate surface area is 144 Å². The van der Waals surface area contributed by atoms with E-state index in [1.54, 1.807) is 18.3 Å². The predicted molar refractivity (Wildman–Crippen MR) is 95.1 cm³/mol. The lowest BCUT2D eigenvalue weighted by molar-refractivity contribution is -0.130. The topological polar surface area (TPSA) is 75.7 Å². The summed E-state index contributed by atoms with van der Waals surface area (Å²) >= 11 is 0. The van der Waals surface area contributed by atoms with Gasteiger partial charge < -0.3 is 14.5 Å². The summed E-state index contributed by atoms with van der Waals surface area (Å²) in [4.78, 5) is 15.5. The number of hydrogen-bond donors (Lipinski definition) is 2. The molecule has 4 rings (SSSR count). The van der Waals surface area contributed by atoms with Gasteiger partial charge in [-0.05, 0) is 25.1 Å². The van der Waals surface area contributed by atoms with Gasteiger partial charge in [0, 0.05) is 22.2 Å². The molecule has 0 radical (unpaired) electrons. The lowest BCUT2D eigenvalue weighted by atomic mass is 10.1. The number of aromatic amines is 1. The van der Waals surface area contributed by atoms with Gasteiger partial charge in [0.1, 0.15) is 6.61 Å². The van der Waals surface area contributed by atoms with E-state index in [2.05, 4.69) is 15.5 Å². The number of ether oxygens (including phenoxy) is 2.